The Labute approximate surface area is 109 Å². The van der Waals surface area contributed by atoms with Crippen LogP contribution in [-0.2, 0) is 9.53 Å². The molecule has 4 N–H and O–H groups in total. The van der Waals surface area contributed by atoms with Crippen molar-refractivity contribution < 1.29 is 14.6 Å². The summed E-state index contributed by atoms with van der Waals surface area (Å²) in [5.41, 5.74) is 4.41. The van der Waals surface area contributed by atoms with Crippen molar-refractivity contribution in [1.29, 1.82) is 0 Å². The van der Waals surface area contributed by atoms with Crippen LogP contribution in [0, 0.1) is 5.41 Å². The van der Waals surface area contributed by atoms with Crippen LogP contribution in [0.1, 0.15) is 39.0 Å². The van der Waals surface area contributed by atoms with Crippen molar-refractivity contribution in [2.24, 2.45) is 11.1 Å². The summed E-state index contributed by atoms with van der Waals surface area (Å²) in [5, 5.41) is 12.9. The van der Waals surface area contributed by atoms with Gasteiger partial charge in [0.05, 0.1) is 11.0 Å². The first kappa shape index (κ1) is 15.4. The highest BCUT2D eigenvalue weighted by atomic mass is 16.5. The average Bonchev–Trinajstić information content (AvgIpc) is 2.83. The molecular formula is C13H26N2O3. The predicted molar refractivity (Wildman–Crippen MR) is 70.1 cm³/mol. The Morgan fingerprint density at radius 3 is 2.61 bits per heavy atom. The molecule has 1 unspecified atom stereocenters. The van der Waals surface area contributed by atoms with Gasteiger partial charge in [-0.2, -0.15) is 0 Å². The fourth-order valence-electron chi connectivity index (χ4n) is 2.44. The van der Waals surface area contributed by atoms with Crippen LogP contribution in [0.25, 0.3) is 0 Å². The van der Waals surface area contributed by atoms with Crippen LogP contribution in [0.3, 0.4) is 0 Å². The molecule has 0 bridgehead atoms. The second-order valence-corrected chi connectivity index (χ2v) is 5.61. The van der Waals surface area contributed by atoms with Crippen LogP contribution in [0.2, 0.25) is 0 Å². The summed E-state index contributed by atoms with van der Waals surface area (Å²) in [7, 11) is 1.59. The molecule has 1 atom stereocenters. The van der Waals surface area contributed by atoms with Crippen LogP contribution in [0.5, 0.6) is 0 Å². The van der Waals surface area contributed by atoms with Gasteiger partial charge in [0.1, 0.15) is 0 Å². The zero-order valence-electron chi connectivity index (χ0n) is 11.5. The third-order valence-corrected chi connectivity index (χ3v) is 3.91. The minimum Gasteiger partial charge on any atom is -0.388 e. The lowest BCUT2D eigenvalue weighted by molar-refractivity contribution is -0.131. The summed E-state index contributed by atoms with van der Waals surface area (Å²) < 4.78 is 4.93. The SMILES string of the molecule is COCCC(C)(O)CNC(=O)C1(CN)CCCC1. The van der Waals surface area contributed by atoms with Gasteiger partial charge in [0, 0.05) is 33.2 Å². The molecule has 106 valence electrons. The van der Waals surface area contributed by atoms with E-state index in [1.807, 2.05) is 0 Å². The van der Waals surface area contributed by atoms with Crippen LogP contribution in [0.15, 0.2) is 0 Å². The summed E-state index contributed by atoms with van der Waals surface area (Å²) in [4.78, 5) is 12.2. The number of aliphatic hydroxyl groups is 1. The van der Waals surface area contributed by atoms with Crippen molar-refractivity contribution in [1.82, 2.24) is 5.32 Å². The number of carbonyl (C=O) groups excluding carboxylic acids is 1. The van der Waals surface area contributed by atoms with Gasteiger partial charge in [0.2, 0.25) is 5.91 Å². The van der Waals surface area contributed by atoms with Crippen molar-refractivity contribution in [3.05, 3.63) is 0 Å². The molecule has 0 aromatic heterocycles. The van der Waals surface area contributed by atoms with Gasteiger partial charge in [-0.15, -0.1) is 0 Å². The van der Waals surface area contributed by atoms with E-state index in [1.165, 1.54) is 0 Å². The van der Waals surface area contributed by atoms with E-state index in [1.54, 1.807) is 14.0 Å². The summed E-state index contributed by atoms with van der Waals surface area (Å²) in [6.45, 7) is 2.82. The van der Waals surface area contributed by atoms with Gasteiger partial charge in [-0.1, -0.05) is 12.8 Å². The molecule has 0 aromatic rings. The summed E-state index contributed by atoms with van der Waals surface area (Å²) in [5.74, 6) is -0.0137. The van der Waals surface area contributed by atoms with Gasteiger partial charge in [-0.05, 0) is 19.8 Å². The molecule has 5 nitrogen and oxygen atoms in total. The lowest BCUT2D eigenvalue weighted by Crippen LogP contribution is -2.49. The molecule has 1 fully saturated rings. The van der Waals surface area contributed by atoms with E-state index in [0.717, 1.165) is 25.7 Å². The van der Waals surface area contributed by atoms with Crippen LogP contribution in [0.4, 0.5) is 0 Å². The second-order valence-electron chi connectivity index (χ2n) is 5.61. The number of amides is 1. The Bertz CT molecular complexity index is 273. The van der Waals surface area contributed by atoms with Crippen molar-refractivity contribution >= 4 is 5.91 Å². The lowest BCUT2D eigenvalue weighted by Gasteiger charge is -2.29. The van der Waals surface area contributed by atoms with Gasteiger partial charge in [0.15, 0.2) is 0 Å². The number of ether oxygens (including phenoxy) is 1. The smallest absolute Gasteiger partial charge is 0.227 e. The van der Waals surface area contributed by atoms with Gasteiger partial charge in [-0.3, -0.25) is 4.79 Å². The van der Waals surface area contributed by atoms with Crippen LogP contribution >= 0.6 is 0 Å². The lowest BCUT2D eigenvalue weighted by atomic mass is 9.85. The number of carbonyl (C=O) groups is 1. The molecule has 1 aliphatic rings. The van der Waals surface area contributed by atoms with Crippen molar-refractivity contribution in [2.75, 3.05) is 26.8 Å². The summed E-state index contributed by atoms with van der Waals surface area (Å²) in [6, 6.07) is 0. The number of hydrogen-bond donors (Lipinski definition) is 3. The first-order valence-corrected chi connectivity index (χ1v) is 6.65. The molecule has 1 saturated carbocycles. The average molecular weight is 258 g/mol. The van der Waals surface area contributed by atoms with E-state index in [2.05, 4.69) is 5.32 Å². The van der Waals surface area contributed by atoms with Crippen LogP contribution in [-0.4, -0.2) is 43.4 Å². The van der Waals surface area contributed by atoms with E-state index < -0.39 is 11.0 Å². The molecule has 0 radical (unpaired) electrons. The largest absolute Gasteiger partial charge is 0.388 e. The van der Waals surface area contributed by atoms with E-state index in [-0.39, 0.29) is 12.5 Å². The zero-order valence-corrected chi connectivity index (χ0v) is 11.5. The van der Waals surface area contributed by atoms with E-state index in [9.17, 15) is 9.90 Å². The molecule has 0 spiro atoms. The van der Waals surface area contributed by atoms with Gasteiger partial charge >= 0.3 is 0 Å². The number of nitrogens with one attached hydrogen (secondary N) is 1. The first-order chi connectivity index (χ1) is 8.46. The molecule has 1 rings (SSSR count). The third kappa shape index (κ3) is 3.93. The Morgan fingerprint density at radius 1 is 1.50 bits per heavy atom. The zero-order chi connectivity index (χ0) is 13.6. The molecule has 0 saturated heterocycles. The molecule has 1 aliphatic carbocycles. The number of hydrogen-bond acceptors (Lipinski definition) is 4. The van der Waals surface area contributed by atoms with E-state index in [4.69, 9.17) is 10.5 Å². The van der Waals surface area contributed by atoms with Gasteiger partial charge in [-0.25, -0.2) is 0 Å². The molecule has 0 aromatic carbocycles. The standard InChI is InChI=1S/C13H26N2O3/c1-12(17,7-8-18-2)10-15-11(16)13(9-14)5-3-4-6-13/h17H,3-10,14H2,1-2H3,(H,15,16). The van der Waals surface area contributed by atoms with Crippen molar-refractivity contribution in [2.45, 2.75) is 44.6 Å². The van der Waals surface area contributed by atoms with Gasteiger partial charge in [0.25, 0.3) is 0 Å². The highest BCUT2D eigenvalue weighted by Crippen LogP contribution is 2.37. The minimum atomic E-state index is -0.930. The maximum atomic E-state index is 12.2. The normalized spacial score (nSPS) is 21.6. The molecule has 5 heteroatoms. The molecular weight excluding hydrogens is 232 g/mol. The van der Waals surface area contributed by atoms with Crippen molar-refractivity contribution in [3.63, 3.8) is 0 Å². The number of rotatable bonds is 7. The van der Waals surface area contributed by atoms with E-state index >= 15 is 0 Å². The third-order valence-electron chi connectivity index (χ3n) is 3.91. The fraction of sp³-hybridized carbons (Fsp3) is 0.923. The highest BCUT2D eigenvalue weighted by molar-refractivity contribution is 5.83. The summed E-state index contributed by atoms with van der Waals surface area (Å²) >= 11 is 0. The summed E-state index contributed by atoms with van der Waals surface area (Å²) in [6.07, 6.45) is 4.33. The number of nitrogens with two attached hydrogens (primary N) is 1. The molecule has 18 heavy (non-hydrogen) atoms. The Hall–Kier alpha value is -0.650. The van der Waals surface area contributed by atoms with Crippen LogP contribution < -0.4 is 11.1 Å². The molecule has 0 heterocycles. The number of methoxy groups -OCH3 is 1. The maximum absolute atomic E-state index is 12.2. The monoisotopic (exact) mass is 258 g/mol. The minimum absolute atomic E-state index is 0.0137. The fourth-order valence-corrected chi connectivity index (χ4v) is 2.44. The predicted octanol–water partition coefficient (Wildman–Crippen LogP) is 0.409. The van der Waals surface area contributed by atoms with E-state index in [0.29, 0.717) is 19.6 Å². The second kappa shape index (κ2) is 6.50. The Morgan fingerprint density at radius 2 is 2.11 bits per heavy atom. The quantitative estimate of drug-likeness (QED) is 0.617. The molecule has 1 amide bonds. The first-order valence-electron chi connectivity index (χ1n) is 6.65. The Kier molecular flexibility index (Phi) is 5.56. The van der Waals surface area contributed by atoms with Gasteiger partial charge < -0.3 is 20.9 Å². The molecule has 0 aliphatic heterocycles. The topological polar surface area (TPSA) is 84.6 Å². The maximum Gasteiger partial charge on any atom is 0.227 e. The highest BCUT2D eigenvalue weighted by Gasteiger charge is 2.40. The Balaban J connectivity index is 2.44. The van der Waals surface area contributed by atoms with Crippen molar-refractivity contribution in [3.8, 4) is 0 Å².